The molecule has 0 N–H and O–H groups in total. The van der Waals surface area contributed by atoms with Gasteiger partial charge in [-0.2, -0.15) is 0 Å². The van der Waals surface area contributed by atoms with Crippen molar-refractivity contribution in [3.05, 3.63) is 69.2 Å². The minimum absolute atomic E-state index is 0.0115. The maximum Gasteiger partial charge on any atom is 0.170 e. The molecule has 1 nitrogen and oxygen atoms in total. The number of carbonyl (C=O) groups excluding carboxylic acids is 1. The van der Waals surface area contributed by atoms with Gasteiger partial charge in [0.25, 0.3) is 0 Å². The smallest absolute Gasteiger partial charge is 0.170 e. The zero-order valence-electron chi connectivity index (χ0n) is 10.2. The van der Waals surface area contributed by atoms with Crippen LogP contribution in [0.1, 0.15) is 21.5 Å². The van der Waals surface area contributed by atoms with E-state index in [2.05, 4.69) is 15.9 Å². The lowest BCUT2D eigenvalue weighted by atomic mass is 9.99. The fourth-order valence-corrected chi connectivity index (χ4v) is 2.13. The number of Topliss-reactive ketones (excluding diaryl/α,β-unsaturated/α-hetero) is 1. The van der Waals surface area contributed by atoms with Crippen LogP contribution >= 0.6 is 15.9 Å². The number of benzene rings is 2. The van der Waals surface area contributed by atoms with E-state index in [0.29, 0.717) is 0 Å². The summed E-state index contributed by atoms with van der Waals surface area (Å²) in [6, 6.07) is 9.26. The summed E-state index contributed by atoms with van der Waals surface area (Å²) < 4.78 is 27.1. The largest absolute Gasteiger partial charge is 0.294 e. The summed E-state index contributed by atoms with van der Waals surface area (Å²) in [7, 11) is 0. The molecule has 2 aromatic rings. The van der Waals surface area contributed by atoms with Crippen LogP contribution in [0.4, 0.5) is 8.78 Å². The minimum atomic E-state index is -0.716. The number of halogens is 3. The van der Waals surface area contributed by atoms with Crippen molar-refractivity contribution in [3.63, 3.8) is 0 Å². The summed E-state index contributed by atoms with van der Waals surface area (Å²) in [5.74, 6) is -1.79. The molecule has 2 aromatic carbocycles. The van der Waals surface area contributed by atoms with Crippen LogP contribution in [0.3, 0.4) is 0 Å². The molecule has 0 saturated heterocycles. The summed E-state index contributed by atoms with van der Waals surface area (Å²) >= 11 is 2.88. The Balaban J connectivity index is 2.31. The molecule has 0 aromatic heterocycles. The van der Waals surface area contributed by atoms with Gasteiger partial charge in [-0.15, -0.1) is 0 Å². The van der Waals surface area contributed by atoms with Crippen LogP contribution < -0.4 is 0 Å². The molecule has 0 radical (unpaired) electrons. The van der Waals surface area contributed by atoms with Crippen LogP contribution in [-0.4, -0.2) is 5.78 Å². The van der Waals surface area contributed by atoms with Crippen molar-refractivity contribution in [1.82, 2.24) is 0 Å². The van der Waals surface area contributed by atoms with E-state index in [4.69, 9.17) is 0 Å². The van der Waals surface area contributed by atoms with Crippen LogP contribution in [0.25, 0.3) is 0 Å². The molecule has 0 bridgehead atoms. The summed E-state index contributed by atoms with van der Waals surface area (Å²) in [5.41, 5.74) is 1.55. The number of hydrogen-bond donors (Lipinski definition) is 0. The second-order valence-corrected chi connectivity index (χ2v) is 5.13. The monoisotopic (exact) mass is 324 g/mol. The Morgan fingerprint density at radius 2 is 1.84 bits per heavy atom. The van der Waals surface area contributed by atoms with Crippen molar-refractivity contribution in [1.29, 1.82) is 0 Å². The molecule has 0 aliphatic heterocycles. The van der Waals surface area contributed by atoms with Gasteiger partial charge in [0.1, 0.15) is 11.6 Å². The molecule has 0 unspecified atom stereocenters. The highest BCUT2D eigenvalue weighted by Gasteiger charge is 2.16. The Morgan fingerprint density at radius 1 is 1.16 bits per heavy atom. The molecule has 4 heteroatoms. The van der Waals surface area contributed by atoms with Crippen LogP contribution in [0.15, 0.2) is 40.9 Å². The van der Waals surface area contributed by atoms with Crippen molar-refractivity contribution in [2.75, 3.05) is 0 Å². The topological polar surface area (TPSA) is 17.1 Å². The molecule has 19 heavy (non-hydrogen) atoms. The predicted octanol–water partition coefficient (Wildman–Crippen LogP) is 4.46. The lowest BCUT2D eigenvalue weighted by Gasteiger charge is -2.06. The third kappa shape index (κ3) is 3.07. The molecule has 0 aliphatic carbocycles. The first-order valence-electron chi connectivity index (χ1n) is 5.71. The number of aryl methyl sites for hydroxylation is 1. The standard InChI is InChI=1S/C15H11BrF2O/c1-9-4-2-3-5-10(9)6-15(19)11-7-14(18)12(16)8-13(11)17/h2-5,7-8H,6H2,1H3. The Morgan fingerprint density at radius 3 is 2.53 bits per heavy atom. The van der Waals surface area contributed by atoms with E-state index in [1.165, 1.54) is 0 Å². The van der Waals surface area contributed by atoms with Gasteiger partial charge in [-0.25, -0.2) is 8.78 Å². The summed E-state index contributed by atoms with van der Waals surface area (Å²) in [6.07, 6.45) is 0.0602. The molecule has 0 atom stereocenters. The van der Waals surface area contributed by atoms with Gasteiger partial charge in [0.2, 0.25) is 0 Å². The van der Waals surface area contributed by atoms with Crippen molar-refractivity contribution in [2.45, 2.75) is 13.3 Å². The molecule has 2 rings (SSSR count). The SMILES string of the molecule is Cc1ccccc1CC(=O)c1cc(F)c(Br)cc1F. The van der Waals surface area contributed by atoms with Crippen molar-refractivity contribution in [2.24, 2.45) is 0 Å². The molecule has 0 fully saturated rings. The summed E-state index contributed by atoms with van der Waals surface area (Å²) in [5, 5.41) is 0. The average Bonchev–Trinajstić information content (AvgIpc) is 2.36. The Bertz CT molecular complexity index is 638. The molecular formula is C15H11BrF2O. The van der Waals surface area contributed by atoms with Gasteiger partial charge in [0.05, 0.1) is 10.0 Å². The average molecular weight is 325 g/mol. The van der Waals surface area contributed by atoms with Gasteiger partial charge in [-0.3, -0.25) is 4.79 Å². The molecule has 0 amide bonds. The second-order valence-electron chi connectivity index (χ2n) is 4.27. The quantitative estimate of drug-likeness (QED) is 0.601. The van der Waals surface area contributed by atoms with E-state index < -0.39 is 17.4 Å². The van der Waals surface area contributed by atoms with Gasteiger partial charge in [-0.05, 0) is 46.1 Å². The normalized spacial score (nSPS) is 10.5. The van der Waals surface area contributed by atoms with Crippen molar-refractivity contribution < 1.29 is 13.6 Å². The Kier molecular flexibility index (Phi) is 4.10. The Hall–Kier alpha value is -1.55. The maximum atomic E-state index is 13.7. The third-order valence-electron chi connectivity index (χ3n) is 2.92. The van der Waals surface area contributed by atoms with Crippen LogP contribution in [0.5, 0.6) is 0 Å². The minimum Gasteiger partial charge on any atom is -0.294 e. The molecule has 98 valence electrons. The van der Waals surface area contributed by atoms with Crippen LogP contribution in [0, 0.1) is 18.6 Å². The zero-order chi connectivity index (χ0) is 14.0. The van der Waals surface area contributed by atoms with E-state index in [0.717, 1.165) is 23.3 Å². The molecule has 0 heterocycles. The van der Waals surface area contributed by atoms with Gasteiger partial charge in [0, 0.05) is 6.42 Å². The number of ketones is 1. The highest BCUT2D eigenvalue weighted by molar-refractivity contribution is 9.10. The van der Waals surface area contributed by atoms with E-state index in [1.54, 1.807) is 6.07 Å². The number of carbonyl (C=O) groups is 1. The second kappa shape index (κ2) is 5.61. The number of hydrogen-bond acceptors (Lipinski definition) is 1. The first-order valence-corrected chi connectivity index (χ1v) is 6.50. The Labute approximate surface area is 118 Å². The first-order chi connectivity index (χ1) is 8.99. The van der Waals surface area contributed by atoms with Gasteiger partial charge in [-0.1, -0.05) is 24.3 Å². The number of rotatable bonds is 3. The van der Waals surface area contributed by atoms with Crippen LogP contribution in [0.2, 0.25) is 0 Å². The third-order valence-corrected chi connectivity index (χ3v) is 3.53. The molecule has 0 spiro atoms. The van der Waals surface area contributed by atoms with E-state index in [9.17, 15) is 13.6 Å². The van der Waals surface area contributed by atoms with Gasteiger partial charge in [0.15, 0.2) is 5.78 Å². The first kappa shape index (κ1) is 13.9. The fraction of sp³-hybridized carbons (Fsp3) is 0.133. The van der Waals surface area contributed by atoms with Crippen molar-refractivity contribution in [3.8, 4) is 0 Å². The highest BCUT2D eigenvalue weighted by Crippen LogP contribution is 2.21. The van der Waals surface area contributed by atoms with Crippen molar-refractivity contribution >= 4 is 21.7 Å². The van der Waals surface area contributed by atoms with Gasteiger partial charge >= 0.3 is 0 Å². The van der Waals surface area contributed by atoms with Gasteiger partial charge < -0.3 is 0 Å². The zero-order valence-corrected chi connectivity index (χ0v) is 11.8. The van der Waals surface area contributed by atoms with Crippen LogP contribution in [-0.2, 0) is 6.42 Å². The fourth-order valence-electron chi connectivity index (χ4n) is 1.81. The summed E-state index contributed by atoms with van der Waals surface area (Å²) in [4.78, 5) is 12.0. The lowest BCUT2D eigenvalue weighted by molar-refractivity contribution is 0.0988. The molecule has 0 saturated carbocycles. The molecule has 0 aliphatic rings. The van der Waals surface area contributed by atoms with E-state index >= 15 is 0 Å². The van der Waals surface area contributed by atoms with E-state index in [-0.39, 0.29) is 16.5 Å². The lowest BCUT2D eigenvalue weighted by Crippen LogP contribution is -2.08. The highest BCUT2D eigenvalue weighted by atomic mass is 79.9. The summed E-state index contributed by atoms with van der Waals surface area (Å²) in [6.45, 7) is 1.88. The maximum absolute atomic E-state index is 13.7. The molecular weight excluding hydrogens is 314 g/mol. The van der Waals surface area contributed by atoms with E-state index in [1.807, 2.05) is 25.1 Å². The predicted molar refractivity (Wildman–Crippen MR) is 73.3 cm³/mol.